The van der Waals surface area contributed by atoms with Crippen LogP contribution in [-0.4, -0.2) is 48.6 Å². The number of nitrogens with zero attached hydrogens (tertiary/aromatic N) is 3. The van der Waals surface area contributed by atoms with Gasteiger partial charge in [0.1, 0.15) is 0 Å². The fourth-order valence-electron chi connectivity index (χ4n) is 4.91. The third kappa shape index (κ3) is 6.48. The van der Waals surface area contributed by atoms with Gasteiger partial charge < -0.3 is 15.3 Å². The molecular weight excluding hydrogens is 519 g/mol. The quantitative estimate of drug-likeness (QED) is 0.371. The normalized spacial score (nSPS) is 17.5. The molecule has 38 heavy (non-hydrogen) atoms. The highest BCUT2D eigenvalue weighted by atomic mass is 35.5. The number of carbonyl (C=O) groups is 1. The summed E-state index contributed by atoms with van der Waals surface area (Å²) in [6.45, 7) is 6.82. The zero-order valence-electron chi connectivity index (χ0n) is 21.6. The van der Waals surface area contributed by atoms with Gasteiger partial charge >= 0.3 is 0 Å². The van der Waals surface area contributed by atoms with Crippen LogP contribution in [0.2, 0.25) is 10.0 Å². The number of β-amino-alcohol motifs (C(OH)–C–C–N with tert-alkyl or cyclic N) is 1. The molecule has 2 N–H and O–H groups in total. The van der Waals surface area contributed by atoms with Crippen LogP contribution >= 0.6 is 23.2 Å². The molecule has 1 aliphatic heterocycles. The molecule has 1 saturated heterocycles. The molecule has 0 radical (unpaired) electrons. The van der Waals surface area contributed by atoms with Crippen LogP contribution < -0.4 is 10.2 Å². The van der Waals surface area contributed by atoms with E-state index in [4.69, 9.17) is 23.2 Å². The standard InChI is InChI=1S/C30H32Cl2N4O2/c1-3-13-34-29(37)23-5-4-6-24(17-23)30(2,38)20-35-14-15-36(27-12-7-21(18-33)16-26(27)32)28(19-35)22-8-10-25(31)11-9-22/h4-12,16-17,28,38H,3,13-15,19-20H2,1-2H3,(H,34,37)/t28?,30-/m1/s1. The lowest BCUT2D eigenvalue weighted by Gasteiger charge is -2.45. The first-order chi connectivity index (χ1) is 18.2. The number of halogens is 2. The second-order valence-corrected chi connectivity index (χ2v) is 10.7. The number of nitriles is 1. The van der Waals surface area contributed by atoms with Gasteiger partial charge in [-0.15, -0.1) is 0 Å². The van der Waals surface area contributed by atoms with E-state index < -0.39 is 5.60 Å². The van der Waals surface area contributed by atoms with Gasteiger partial charge in [-0.2, -0.15) is 5.26 Å². The third-order valence-corrected chi connectivity index (χ3v) is 7.47. The molecule has 0 aromatic heterocycles. The van der Waals surface area contributed by atoms with Crippen LogP contribution in [0.4, 0.5) is 5.69 Å². The summed E-state index contributed by atoms with van der Waals surface area (Å²) in [5.74, 6) is -0.139. The number of benzene rings is 3. The van der Waals surface area contributed by atoms with E-state index in [2.05, 4.69) is 21.2 Å². The molecule has 2 atom stereocenters. The van der Waals surface area contributed by atoms with E-state index in [-0.39, 0.29) is 11.9 Å². The summed E-state index contributed by atoms with van der Waals surface area (Å²) in [4.78, 5) is 17.0. The van der Waals surface area contributed by atoms with Gasteiger partial charge in [0.05, 0.1) is 34.0 Å². The summed E-state index contributed by atoms with van der Waals surface area (Å²) in [6.07, 6.45) is 0.859. The van der Waals surface area contributed by atoms with Crippen molar-refractivity contribution in [2.45, 2.75) is 31.9 Å². The fourth-order valence-corrected chi connectivity index (χ4v) is 5.33. The molecule has 4 rings (SSSR count). The molecule has 0 bridgehead atoms. The van der Waals surface area contributed by atoms with Crippen LogP contribution in [0.1, 0.15) is 53.4 Å². The monoisotopic (exact) mass is 550 g/mol. The van der Waals surface area contributed by atoms with Crippen molar-refractivity contribution in [3.05, 3.63) is 99.0 Å². The maximum atomic E-state index is 12.5. The summed E-state index contributed by atoms with van der Waals surface area (Å²) < 4.78 is 0. The molecule has 3 aromatic carbocycles. The first-order valence-corrected chi connectivity index (χ1v) is 13.5. The number of amides is 1. The van der Waals surface area contributed by atoms with Crippen LogP contribution in [0.15, 0.2) is 66.7 Å². The van der Waals surface area contributed by atoms with Gasteiger partial charge in [0.15, 0.2) is 0 Å². The van der Waals surface area contributed by atoms with Crippen LogP contribution in [0.25, 0.3) is 0 Å². The lowest BCUT2D eigenvalue weighted by atomic mass is 9.92. The number of aliphatic hydroxyl groups is 1. The van der Waals surface area contributed by atoms with Crippen molar-refractivity contribution >= 4 is 34.8 Å². The Morgan fingerprint density at radius 2 is 1.89 bits per heavy atom. The van der Waals surface area contributed by atoms with E-state index in [1.54, 1.807) is 31.2 Å². The van der Waals surface area contributed by atoms with Gasteiger partial charge in [-0.25, -0.2) is 0 Å². The Hall–Kier alpha value is -3.08. The molecule has 6 nitrogen and oxygen atoms in total. The average molecular weight is 552 g/mol. The molecule has 1 amide bonds. The minimum atomic E-state index is -1.17. The molecule has 3 aromatic rings. The zero-order valence-corrected chi connectivity index (χ0v) is 23.1. The smallest absolute Gasteiger partial charge is 0.251 e. The minimum absolute atomic E-state index is 0.0478. The number of nitrogens with one attached hydrogen (secondary N) is 1. The average Bonchev–Trinajstić information content (AvgIpc) is 2.92. The van der Waals surface area contributed by atoms with E-state index >= 15 is 0 Å². The van der Waals surface area contributed by atoms with Gasteiger partial charge in [-0.1, -0.05) is 54.4 Å². The Kier molecular flexibility index (Phi) is 8.96. The van der Waals surface area contributed by atoms with Crippen molar-refractivity contribution in [3.8, 4) is 6.07 Å². The highest BCUT2D eigenvalue weighted by Gasteiger charge is 2.34. The summed E-state index contributed by atoms with van der Waals surface area (Å²) in [6, 6.07) is 22.4. The maximum absolute atomic E-state index is 12.5. The van der Waals surface area contributed by atoms with Crippen molar-refractivity contribution in [1.29, 1.82) is 5.26 Å². The molecule has 1 unspecified atom stereocenters. The maximum Gasteiger partial charge on any atom is 0.251 e. The van der Waals surface area contributed by atoms with Gasteiger partial charge in [-0.05, 0) is 66.9 Å². The van der Waals surface area contributed by atoms with Crippen LogP contribution in [0.3, 0.4) is 0 Å². The lowest BCUT2D eigenvalue weighted by molar-refractivity contribution is 0.0103. The van der Waals surface area contributed by atoms with Gasteiger partial charge in [-0.3, -0.25) is 9.69 Å². The number of anilines is 1. The Labute approximate surface area is 234 Å². The first-order valence-electron chi connectivity index (χ1n) is 12.8. The fraction of sp³-hybridized carbons (Fsp3) is 0.333. The molecular formula is C30H32Cl2N4O2. The number of hydrogen-bond acceptors (Lipinski definition) is 5. The number of rotatable bonds is 8. The second-order valence-electron chi connectivity index (χ2n) is 9.88. The van der Waals surface area contributed by atoms with E-state index in [1.165, 1.54) is 0 Å². The molecule has 0 saturated carbocycles. The predicted molar refractivity (Wildman–Crippen MR) is 153 cm³/mol. The van der Waals surface area contributed by atoms with E-state index in [1.807, 2.05) is 49.4 Å². The largest absolute Gasteiger partial charge is 0.384 e. The van der Waals surface area contributed by atoms with Crippen molar-refractivity contribution in [1.82, 2.24) is 10.2 Å². The third-order valence-electron chi connectivity index (χ3n) is 6.92. The van der Waals surface area contributed by atoms with Crippen molar-refractivity contribution in [3.63, 3.8) is 0 Å². The second kappa shape index (κ2) is 12.2. The lowest BCUT2D eigenvalue weighted by Crippen LogP contribution is -2.52. The van der Waals surface area contributed by atoms with Crippen molar-refractivity contribution in [2.75, 3.05) is 37.6 Å². The van der Waals surface area contributed by atoms with Crippen molar-refractivity contribution in [2.24, 2.45) is 0 Å². The molecule has 1 heterocycles. The van der Waals surface area contributed by atoms with Crippen LogP contribution in [0.5, 0.6) is 0 Å². The SMILES string of the molecule is CCCNC(=O)c1cccc([C@](C)(O)CN2CCN(c3ccc(C#N)cc3Cl)C(c3ccc(Cl)cc3)C2)c1. The molecule has 198 valence electrons. The van der Waals surface area contributed by atoms with Gasteiger partial charge in [0, 0.05) is 43.3 Å². The van der Waals surface area contributed by atoms with Crippen LogP contribution in [0, 0.1) is 11.3 Å². The molecule has 1 aliphatic rings. The zero-order chi connectivity index (χ0) is 27.3. The number of piperazine rings is 1. The number of carbonyl (C=O) groups excluding carboxylic acids is 1. The molecule has 0 aliphatic carbocycles. The predicted octanol–water partition coefficient (Wildman–Crippen LogP) is 5.78. The van der Waals surface area contributed by atoms with E-state index in [9.17, 15) is 15.2 Å². The summed E-state index contributed by atoms with van der Waals surface area (Å²) >= 11 is 12.8. The van der Waals surface area contributed by atoms with E-state index in [0.717, 1.165) is 17.7 Å². The summed E-state index contributed by atoms with van der Waals surface area (Å²) in [5.41, 5.74) is 2.52. The summed E-state index contributed by atoms with van der Waals surface area (Å²) in [5, 5.41) is 24.9. The Balaban J connectivity index is 1.58. The topological polar surface area (TPSA) is 79.6 Å². The van der Waals surface area contributed by atoms with E-state index in [0.29, 0.717) is 59.5 Å². The molecule has 1 fully saturated rings. The highest BCUT2D eigenvalue weighted by molar-refractivity contribution is 6.33. The van der Waals surface area contributed by atoms with Gasteiger partial charge in [0.25, 0.3) is 5.91 Å². The van der Waals surface area contributed by atoms with Crippen LogP contribution in [-0.2, 0) is 5.60 Å². The highest BCUT2D eigenvalue weighted by Crippen LogP contribution is 2.37. The first kappa shape index (κ1) is 27.9. The molecule has 8 heteroatoms. The Morgan fingerprint density at radius 1 is 1.13 bits per heavy atom. The Morgan fingerprint density at radius 3 is 2.58 bits per heavy atom. The summed E-state index contributed by atoms with van der Waals surface area (Å²) in [7, 11) is 0. The Bertz CT molecular complexity index is 1320. The van der Waals surface area contributed by atoms with Crippen molar-refractivity contribution < 1.29 is 9.90 Å². The minimum Gasteiger partial charge on any atom is -0.384 e. The number of hydrogen-bond donors (Lipinski definition) is 2. The van der Waals surface area contributed by atoms with Gasteiger partial charge in [0.2, 0.25) is 0 Å². The molecule has 0 spiro atoms.